The molecular weight excluding hydrogens is 284 g/mol. The third-order valence-corrected chi connectivity index (χ3v) is 4.44. The van der Waals surface area contributed by atoms with Crippen LogP contribution in [0.15, 0.2) is 18.6 Å². The summed E-state index contributed by atoms with van der Waals surface area (Å²) in [5, 5.41) is 20.9. The average molecular weight is 300 g/mol. The summed E-state index contributed by atoms with van der Waals surface area (Å²) in [6.45, 7) is 0. The Labute approximate surface area is 125 Å². The van der Waals surface area contributed by atoms with Crippen molar-refractivity contribution in [3.8, 4) is 0 Å². The van der Waals surface area contributed by atoms with E-state index in [0.717, 1.165) is 47.9 Å². The number of rotatable bonds is 2. The fourth-order valence-corrected chi connectivity index (χ4v) is 3.38. The Balaban J connectivity index is 1.65. The van der Waals surface area contributed by atoms with Gasteiger partial charge in [0.15, 0.2) is 0 Å². The lowest BCUT2D eigenvalue weighted by Gasteiger charge is -2.27. The number of aromatic amines is 1. The highest BCUT2D eigenvalue weighted by Gasteiger charge is 2.27. The normalized spacial score (nSPS) is 22.2. The number of amides is 1. The van der Waals surface area contributed by atoms with Gasteiger partial charge in [-0.15, -0.1) is 5.10 Å². The quantitative estimate of drug-likeness (QED) is 0.670. The predicted molar refractivity (Wildman–Crippen MR) is 78.8 cm³/mol. The smallest absolute Gasteiger partial charge is 0.404 e. The molecule has 0 aromatic carbocycles. The minimum atomic E-state index is -0.947. The molecule has 1 aliphatic carbocycles. The van der Waals surface area contributed by atoms with Gasteiger partial charge in [-0.2, -0.15) is 0 Å². The summed E-state index contributed by atoms with van der Waals surface area (Å²) in [5.41, 5.74) is 2.82. The first-order chi connectivity index (χ1) is 10.7. The Kier molecular flexibility index (Phi) is 2.95. The van der Waals surface area contributed by atoms with Crippen LogP contribution in [0.4, 0.5) is 4.79 Å². The molecule has 1 fully saturated rings. The van der Waals surface area contributed by atoms with Gasteiger partial charge in [0.1, 0.15) is 17.5 Å². The van der Waals surface area contributed by atoms with Crippen molar-refractivity contribution >= 4 is 22.6 Å². The monoisotopic (exact) mass is 300 g/mol. The predicted octanol–water partition coefficient (Wildman–Crippen LogP) is 1.90. The molecule has 0 unspecified atom stereocenters. The van der Waals surface area contributed by atoms with E-state index in [1.807, 2.05) is 12.3 Å². The maximum atomic E-state index is 10.7. The van der Waals surface area contributed by atoms with Gasteiger partial charge in [0.25, 0.3) is 0 Å². The topological polar surface area (TPSA) is 108 Å². The van der Waals surface area contributed by atoms with Crippen molar-refractivity contribution in [2.45, 2.75) is 37.6 Å². The highest BCUT2D eigenvalue weighted by molar-refractivity contribution is 5.92. The molecule has 0 saturated heterocycles. The van der Waals surface area contributed by atoms with E-state index in [-0.39, 0.29) is 6.04 Å². The second-order valence-corrected chi connectivity index (χ2v) is 5.75. The second kappa shape index (κ2) is 4.97. The van der Waals surface area contributed by atoms with Crippen molar-refractivity contribution in [1.29, 1.82) is 0 Å². The number of nitrogens with one attached hydrogen (secondary N) is 2. The number of H-pyrrole nitrogens is 1. The first kappa shape index (κ1) is 13.1. The second-order valence-electron chi connectivity index (χ2n) is 5.75. The molecule has 4 rings (SSSR count). The van der Waals surface area contributed by atoms with Crippen LogP contribution in [-0.2, 0) is 0 Å². The Morgan fingerprint density at radius 2 is 2.18 bits per heavy atom. The number of hydrogen-bond donors (Lipinski definition) is 3. The van der Waals surface area contributed by atoms with Crippen LogP contribution in [0.2, 0.25) is 0 Å². The zero-order chi connectivity index (χ0) is 15.1. The van der Waals surface area contributed by atoms with Gasteiger partial charge in [-0.3, -0.25) is 0 Å². The Morgan fingerprint density at radius 3 is 2.95 bits per heavy atom. The lowest BCUT2D eigenvalue weighted by molar-refractivity contribution is 0.185. The van der Waals surface area contributed by atoms with E-state index in [1.165, 1.54) is 0 Å². The first-order valence-electron chi connectivity index (χ1n) is 7.39. The molecular formula is C14H16N6O2. The lowest BCUT2D eigenvalue weighted by atomic mass is 9.83. The highest BCUT2D eigenvalue weighted by atomic mass is 16.4. The zero-order valence-electron chi connectivity index (χ0n) is 11.9. The van der Waals surface area contributed by atoms with Crippen LogP contribution in [0, 0.1) is 0 Å². The molecule has 8 nitrogen and oxygen atoms in total. The summed E-state index contributed by atoms with van der Waals surface area (Å²) in [6, 6.07) is 2.03. The third-order valence-electron chi connectivity index (χ3n) is 4.44. The molecule has 3 aromatic heterocycles. The molecule has 8 heteroatoms. The molecule has 22 heavy (non-hydrogen) atoms. The average Bonchev–Trinajstić information content (AvgIpc) is 3.13. The first-order valence-corrected chi connectivity index (χ1v) is 7.39. The molecule has 3 aromatic rings. The summed E-state index contributed by atoms with van der Waals surface area (Å²) in [7, 11) is 0. The molecule has 1 saturated carbocycles. The van der Waals surface area contributed by atoms with Crippen molar-refractivity contribution in [2.24, 2.45) is 0 Å². The fraction of sp³-hybridized carbons (Fsp3) is 0.429. The number of fused-ring (bicyclic) bond motifs is 3. The Hall–Kier alpha value is -2.64. The van der Waals surface area contributed by atoms with Crippen LogP contribution < -0.4 is 5.32 Å². The molecule has 114 valence electrons. The maximum absolute atomic E-state index is 10.7. The van der Waals surface area contributed by atoms with Gasteiger partial charge in [-0.25, -0.2) is 14.3 Å². The molecule has 1 aliphatic rings. The van der Waals surface area contributed by atoms with E-state index < -0.39 is 6.09 Å². The van der Waals surface area contributed by atoms with Crippen molar-refractivity contribution in [1.82, 2.24) is 30.1 Å². The lowest BCUT2D eigenvalue weighted by Crippen LogP contribution is -2.36. The van der Waals surface area contributed by atoms with Gasteiger partial charge in [0.2, 0.25) is 0 Å². The number of nitrogens with zero attached hydrogens (tertiary/aromatic N) is 4. The Bertz CT molecular complexity index is 830. The summed E-state index contributed by atoms with van der Waals surface area (Å²) in [4.78, 5) is 18.1. The van der Waals surface area contributed by atoms with Crippen LogP contribution in [-0.4, -0.2) is 42.0 Å². The Morgan fingerprint density at radius 1 is 1.36 bits per heavy atom. The highest BCUT2D eigenvalue weighted by Crippen LogP contribution is 2.35. The van der Waals surface area contributed by atoms with Gasteiger partial charge in [0.05, 0.1) is 5.69 Å². The summed E-state index contributed by atoms with van der Waals surface area (Å²) in [6.07, 6.45) is 6.07. The SMILES string of the molecule is O=C(O)NC1CCC(c2nnn3cnc4[nH]ccc4c23)CC1. The van der Waals surface area contributed by atoms with Crippen LogP contribution >= 0.6 is 0 Å². The summed E-state index contributed by atoms with van der Waals surface area (Å²) in [5.74, 6) is 0.310. The number of hydrogen-bond acceptors (Lipinski definition) is 4. The van der Waals surface area contributed by atoms with Crippen LogP contribution in [0.25, 0.3) is 16.6 Å². The number of carboxylic acid groups (broad SMARTS) is 1. The van der Waals surface area contributed by atoms with Crippen molar-refractivity contribution in [2.75, 3.05) is 0 Å². The minimum Gasteiger partial charge on any atom is -0.465 e. The van der Waals surface area contributed by atoms with Gasteiger partial charge in [0, 0.05) is 23.5 Å². The molecule has 0 spiro atoms. The van der Waals surface area contributed by atoms with E-state index in [4.69, 9.17) is 5.11 Å². The molecule has 0 bridgehead atoms. The van der Waals surface area contributed by atoms with E-state index in [9.17, 15) is 4.79 Å². The van der Waals surface area contributed by atoms with Gasteiger partial charge in [-0.05, 0) is 31.7 Å². The van der Waals surface area contributed by atoms with Gasteiger partial charge in [-0.1, -0.05) is 5.21 Å². The molecule has 3 N–H and O–H groups in total. The molecule has 3 heterocycles. The van der Waals surface area contributed by atoms with E-state index >= 15 is 0 Å². The van der Waals surface area contributed by atoms with E-state index in [0.29, 0.717) is 5.92 Å². The minimum absolute atomic E-state index is 0.0459. The maximum Gasteiger partial charge on any atom is 0.404 e. The van der Waals surface area contributed by atoms with E-state index in [2.05, 4.69) is 25.6 Å². The van der Waals surface area contributed by atoms with Gasteiger partial charge >= 0.3 is 6.09 Å². The van der Waals surface area contributed by atoms with Crippen molar-refractivity contribution < 1.29 is 9.90 Å². The van der Waals surface area contributed by atoms with Crippen molar-refractivity contribution in [3.63, 3.8) is 0 Å². The molecule has 0 atom stereocenters. The number of carbonyl (C=O) groups is 1. The largest absolute Gasteiger partial charge is 0.465 e. The fourth-order valence-electron chi connectivity index (χ4n) is 3.38. The zero-order valence-corrected chi connectivity index (χ0v) is 11.9. The molecule has 0 aliphatic heterocycles. The van der Waals surface area contributed by atoms with Crippen LogP contribution in [0.1, 0.15) is 37.3 Å². The van der Waals surface area contributed by atoms with Crippen LogP contribution in [0.5, 0.6) is 0 Å². The van der Waals surface area contributed by atoms with Gasteiger partial charge < -0.3 is 15.4 Å². The molecule has 1 amide bonds. The summed E-state index contributed by atoms with van der Waals surface area (Å²) >= 11 is 0. The molecule has 0 radical (unpaired) electrons. The third kappa shape index (κ3) is 2.07. The number of aromatic nitrogens is 5. The van der Waals surface area contributed by atoms with Crippen molar-refractivity contribution in [3.05, 3.63) is 24.3 Å². The summed E-state index contributed by atoms with van der Waals surface area (Å²) < 4.78 is 1.72. The van der Waals surface area contributed by atoms with E-state index in [1.54, 1.807) is 10.8 Å². The van der Waals surface area contributed by atoms with Crippen LogP contribution in [0.3, 0.4) is 0 Å². The standard InChI is InChI=1S/C14H16N6O2/c21-14(22)17-9-3-1-8(2-4-9)11-12-10-5-6-15-13(10)16-7-20(12)19-18-11/h5-9,15,17H,1-4H2,(H,21,22).